The molecule has 4 aromatic rings. The van der Waals surface area contributed by atoms with Gasteiger partial charge in [0.25, 0.3) is 0 Å². The van der Waals surface area contributed by atoms with Crippen molar-refractivity contribution >= 4 is 6.08 Å². The largest absolute Gasteiger partial charge is 0.491 e. The van der Waals surface area contributed by atoms with Gasteiger partial charge in [0.1, 0.15) is 12.4 Å². The maximum absolute atomic E-state index is 15.0. The Kier molecular flexibility index (Phi) is 7.74. The van der Waals surface area contributed by atoms with Gasteiger partial charge in [0, 0.05) is 16.7 Å². The van der Waals surface area contributed by atoms with Crippen LogP contribution in [-0.4, -0.2) is 6.61 Å². The van der Waals surface area contributed by atoms with Gasteiger partial charge in [-0.05, 0) is 54.8 Å². The van der Waals surface area contributed by atoms with E-state index in [2.05, 4.69) is 0 Å². The molecule has 0 unspecified atom stereocenters. The lowest BCUT2D eigenvalue weighted by Gasteiger charge is -2.12. The van der Waals surface area contributed by atoms with Crippen molar-refractivity contribution in [2.45, 2.75) is 20.5 Å². The number of allylic oxidation sites excluding steroid dienone is 1. The van der Waals surface area contributed by atoms with Gasteiger partial charge in [0.2, 0.25) is 5.82 Å². The van der Waals surface area contributed by atoms with E-state index in [1.807, 2.05) is 31.2 Å². The summed E-state index contributed by atoms with van der Waals surface area (Å²) in [6, 6.07) is 19.3. The highest BCUT2D eigenvalue weighted by Crippen LogP contribution is 2.33. The molecule has 0 heterocycles. The summed E-state index contributed by atoms with van der Waals surface area (Å²) in [6.45, 7) is 3.59. The molecule has 0 aromatic heterocycles. The number of ether oxygens (including phenoxy) is 2. The van der Waals surface area contributed by atoms with Crippen LogP contribution in [0.15, 0.2) is 78.9 Å². The standard InChI is InChI=1S/C30H24F4O2/c1-3-5-19-6-8-20(9-7-19)24-15-16-25(29(33)28(24)32)21-10-13-23(14-11-21)36-18-22-12-17-26(35-4-2)30(34)27(22)31/h3,5-17H,4,18H2,1-2H3/b5-3+. The third kappa shape index (κ3) is 5.28. The number of hydrogen-bond donors (Lipinski definition) is 0. The van der Waals surface area contributed by atoms with Crippen LogP contribution in [-0.2, 0) is 6.61 Å². The first-order valence-electron chi connectivity index (χ1n) is 11.5. The first-order chi connectivity index (χ1) is 17.4. The Labute approximate surface area is 207 Å². The predicted octanol–water partition coefficient (Wildman–Crippen LogP) is 8.59. The molecule has 0 N–H and O–H groups in total. The van der Waals surface area contributed by atoms with Gasteiger partial charge in [-0.2, -0.15) is 4.39 Å². The molecule has 4 rings (SSSR count). The zero-order chi connectivity index (χ0) is 25.7. The second-order valence-corrected chi connectivity index (χ2v) is 8.01. The van der Waals surface area contributed by atoms with Gasteiger partial charge >= 0.3 is 0 Å². The summed E-state index contributed by atoms with van der Waals surface area (Å²) < 4.78 is 68.8. The molecule has 0 bridgehead atoms. The number of rotatable bonds is 8. The van der Waals surface area contributed by atoms with E-state index < -0.39 is 23.3 Å². The van der Waals surface area contributed by atoms with Crippen molar-refractivity contribution in [1.29, 1.82) is 0 Å². The average Bonchev–Trinajstić information content (AvgIpc) is 2.89. The van der Waals surface area contributed by atoms with Gasteiger partial charge in [0.15, 0.2) is 23.2 Å². The Hall–Kier alpha value is -4.06. The van der Waals surface area contributed by atoms with Crippen molar-refractivity contribution in [3.8, 4) is 33.8 Å². The third-order valence-corrected chi connectivity index (χ3v) is 5.65. The van der Waals surface area contributed by atoms with Crippen molar-refractivity contribution in [1.82, 2.24) is 0 Å². The second kappa shape index (κ2) is 11.1. The number of halogens is 4. The zero-order valence-corrected chi connectivity index (χ0v) is 19.8. The minimum atomic E-state index is -1.07. The smallest absolute Gasteiger partial charge is 0.201 e. The van der Waals surface area contributed by atoms with Crippen LogP contribution in [0.1, 0.15) is 25.0 Å². The monoisotopic (exact) mass is 492 g/mol. The van der Waals surface area contributed by atoms with E-state index in [1.54, 1.807) is 49.4 Å². The normalized spacial score (nSPS) is 11.2. The second-order valence-electron chi connectivity index (χ2n) is 8.01. The minimum absolute atomic E-state index is 0.0301. The van der Waals surface area contributed by atoms with Crippen LogP contribution in [0.25, 0.3) is 28.3 Å². The zero-order valence-electron chi connectivity index (χ0n) is 19.8. The molecule has 0 spiro atoms. The quantitative estimate of drug-likeness (QED) is 0.229. The van der Waals surface area contributed by atoms with Crippen LogP contribution >= 0.6 is 0 Å². The van der Waals surface area contributed by atoms with Crippen LogP contribution in [0.4, 0.5) is 17.6 Å². The molecule has 36 heavy (non-hydrogen) atoms. The highest BCUT2D eigenvalue weighted by molar-refractivity contribution is 5.72. The molecule has 0 atom stereocenters. The first-order valence-corrected chi connectivity index (χ1v) is 11.5. The summed E-state index contributed by atoms with van der Waals surface area (Å²) in [7, 11) is 0. The highest BCUT2D eigenvalue weighted by Gasteiger charge is 2.17. The lowest BCUT2D eigenvalue weighted by Crippen LogP contribution is -2.03. The highest BCUT2D eigenvalue weighted by atomic mass is 19.2. The summed E-state index contributed by atoms with van der Waals surface area (Å²) in [6.07, 6.45) is 3.82. The Morgan fingerprint density at radius 1 is 0.639 bits per heavy atom. The fourth-order valence-corrected chi connectivity index (χ4v) is 3.80. The van der Waals surface area contributed by atoms with E-state index in [1.165, 1.54) is 18.2 Å². The Morgan fingerprint density at radius 3 is 1.78 bits per heavy atom. The third-order valence-electron chi connectivity index (χ3n) is 5.65. The maximum atomic E-state index is 15.0. The molecule has 0 saturated heterocycles. The first kappa shape index (κ1) is 25.0. The molecule has 0 aliphatic heterocycles. The van der Waals surface area contributed by atoms with Gasteiger partial charge in [-0.15, -0.1) is 0 Å². The molecule has 0 amide bonds. The molecule has 0 aliphatic carbocycles. The topological polar surface area (TPSA) is 18.5 Å². The predicted molar refractivity (Wildman–Crippen MR) is 134 cm³/mol. The van der Waals surface area contributed by atoms with Crippen molar-refractivity contribution in [2.75, 3.05) is 6.61 Å². The van der Waals surface area contributed by atoms with Crippen molar-refractivity contribution < 1.29 is 27.0 Å². The van der Waals surface area contributed by atoms with E-state index in [0.29, 0.717) is 16.9 Å². The number of benzene rings is 4. The van der Waals surface area contributed by atoms with Gasteiger partial charge in [-0.3, -0.25) is 0 Å². The Balaban J connectivity index is 1.49. The molecule has 0 aliphatic rings. The van der Waals surface area contributed by atoms with Gasteiger partial charge in [-0.1, -0.05) is 60.7 Å². The van der Waals surface area contributed by atoms with Crippen LogP contribution in [0.3, 0.4) is 0 Å². The molecule has 0 radical (unpaired) electrons. The SMILES string of the molecule is C/C=C/c1ccc(-c2ccc(-c3ccc(OCc4ccc(OCC)c(F)c4F)cc3)c(F)c2F)cc1. The van der Waals surface area contributed by atoms with E-state index in [-0.39, 0.29) is 35.7 Å². The minimum Gasteiger partial charge on any atom is -0.491 e. The maximum Gasteiger partial charge on any atom is 0.201 e. The van der Waals surface area contributed by atoms with E-state index in [0.717, 1.165) is 5.56 Å². The van der Waals surface area contributed by atoms with E-state index in [9.17, 15) is 17.6 Å². The van der Waals surface area contributed by atoms with Gasteiger partial charge < -0.3 is 9.47 Å². The Bertz CT molecular complexity index is 1380. The summed E-state index contributed by atoms with van der Waals surface area (Å²) in [5.74, 6) is -3.78. The van der Waals surface area contributed by atoms with Crippen molar-refractivity contribution in [2.24, 2.45) is 0 Å². The lowest BCUT2D eigenvalue weighted by molar-refractivity contribution is 0.289. The van der Waals surface area contributed by atoms with Crippen LogP contribution in [0.5, 0.6) is 11.5 Å². The molecule has 4 aromatic carbocycles. The fourth-order valence-electron chi connectivity index (χ4n) is 3.80. The van der Waals surface area contributed by atoms with Gasteiger partial charge in [-0.25, -0.2) is 13.2 Å². The van der Waals surface area contributed by atoms with E-state index >= 15 is 0 Å². The molecule has 6 heteroatoms. The summed E-state index contributed by atoms with van der Waals surface area (Å²) in [4.78, 5) is 0. The molecule has 0 saturated carbocycles. The molecular formula is C30H24F4O2. The van der Waals surface area contributed by atoms with Crippen LogP contribution in [0.2, 0.25) is 0 Å². The summed E-state index contributed by atoms with van der Waals surface area (Å²) in [5.41, 5.74) is 2.31. The molecular weight excluding hydrogens is 468 g/mol. The van der Waals surface area contributed by atoms with Crippen molar-refractivity contribution in [3.05, 3.63) is 113 Å². The fraction of sp³-hybridized carbons (Fsp3) is 0.133. The Morgan fingerprint density at radius 2 is 1.22 bits per heavy atom. The molecule has 0 fully saturated rings. The average molecular weight is 493 g/mol. The summed E-state index contributed by atoms with van der Waals surface area (Å²) >= 11 is 0. The summed E-state index contributed by atoms with van der Waals surface area (Å²) in [5, 5.41) is 0. The van der Waals surface area contributed by atoms with Crippen LogP contribution < -0.4 is 9.47 Å². The van der Waals surface area contributed by atoms with Crippen molar-refractivity contribution in [3.63, 3.8) is 0 Å². The van der Waals surface area contributed by atoms with E-state index in [4.69, 9.17) is 9.47 Å². The lowest BCUT2D eigenvalue weighted by atomic mass is 9.98. The molecule has 184 valence electrons. The molecule has 2 nitrogen and oxygen atoms in total. The van der Waals surface area contributed by atoms with Crippen LogP contribution in [0, 0.1) is 23.3 Å². The van der Waals surface area contributed by atoms with Gasteiger partial charge in [0.05, 0.1) is 6.61 Å². The number of hydrogen-bond acceptors (Lipinski definition) is 2.